The van der Waals surface area contributed by atoms with Gasteiger partial charge in [-0.3, -0.25) is 9.69 Å². The van der Waals surface area contributed by atoms with Crippen LogP contribution in [0, 0.1) is 24.7 Å². The van der Waals surface area contributed by atoms with Crippen molar-refractivity contribution < 1.29 is 9.53 Å². The molecule has 4 heterocycles. The summed E-state index contributed by atoms with van der Waals surface area (Å²) in [6, 6.07) is 0. The Labute approximate surface area is 135 Å². The number of ether oxygens (including phenoxy) is 1. The fourth-order valence-corrected chi connectivity index (χ4v) is 4.70. The lowest BCUT2D eigenvalue weighted by Gasteiger charge is -2.23. The molecule has 0 unspecified atom stereocenters. The lowest BCUT2D eigenvalue weighted by atomic mass is 10.0. The van der Waals surface area contributed by atoms with E-state index in [9.17, 15) is 4.79 Å². The van der Waals surface area contributed by atoms with Gasteiger partial charge in [-0.05, 0) is 25.2 Å². The van der Waals surface area contributed by atoms with Crippen LogP contribution in [0.4, 0.5) is 0 Å². The second kappa shape index (κ2) is 5.91. The number of aromatic nitrogens is 1. The summed E-state index contributed by atoms with van der Waals surface area (Å²) in [5.41, 5.74) is 1.19. The van der Waals surface area contributed by atoms with Crippen LogP contribution in [0.25, 0.3) is 0 Å². The third-order valence-corrected chi connectivity index (χ3v) is 6.03. The van der Waals surface area contributed by atoms with E-state index in [0.29, 0.717) is 24.3 Å². The highest BCUT2D eigenvalue weighted by molar-refractivity contribution is 7.09. The van der Waals surface area contributed by atoms with Gasteiger partial charge in [0, 0.05) is 44.7 Å². The monoisotopic (exact) mass is 321 g/mol. The molecule has 3 aliphatic rings. The van der Waals surface area contributed by atoms with Crippen LogP contribution in [0.15, 0.2) is 5.38 Å². The third-order valence-electron chi connectivity index (χ3n) is 5.20. The lowest BCUT2D eigenvalue weighted by Crippen LogP contribution is -2.37. The van der Waals surface area contributed by atoms with E-state index in [4.69, 9.17) is 4.74 Å². The summed E-state index contributed by atoms with van der Waals surface area (Å²) in [7, 11) is 0. The molecular weight excluding hydrogens is 298 g/mol. The Balaban J connectivity index is 1.31. The minimum atomic E-state index is 0.118. The molecule has 0 spiro atoms. The topological polar surface area (TPSA) is 45.7 Å². The number of rotatable bonds is 3. The quantitative estimate of drug-likeness (QED) is 0.844. The van der Waals surface area contributed by atoms with E-state index in [1.165, 1.54) is 5.69 Å². The summed E-state index contributed by atoms with van der Waals surface area (Å²) in [6.45, 7) is 8.47. The van der Waals surface area contributed by atoms with Crippen LogP contribution in [0.2, 0.25) is 0 Å². The molecule has 5 nitrogen and oxygen atoms in total. The fourth-order valence-electron chi connectivity index (χ4n) is 4.10. The maximum Gasteiger partial charge on any atom is 0.228 e. The van der Waals surface area contributed by atoms with Gasteiger partial charge in [-0.15, -0.1) is 11.3 Å². The van der Waals surface area contributed by atoms with Crippen molar-refractivity contribution in [3.05, 3.63) is 16.1 Å². The maximum absolute atomic E-state index is 12.5. The number of carbonyl (C=O) groups is 1. The van der Waals surface area contributed by atoms with Crippen LogP contribution in [0.3, 0.4) is 0 Å². The van der Waals surface area contributed by atoms with E-state index >= 15 is 0 Å². The molecule has 3 atom stereocenters. The van der Waals surface area contributed by atoms with E-state index < -0.39 is 0 Å². The zero-order chi connectivity index (χ0) is 15.1. The smallest absolute Gasteiger partial charge is 0.228 e. The van der Waals surface area contributed by atoms with Crippen molar-refractivity contribution >= 4 is 17.2 Å². The first-order chi connectivity index (χ1) is 10.7. The number of amides is 1. The highest BCUT2D eigenvalue weighted by Gasteiger charge is 2.43. The second-order valence-electron chi connectivity index (χ2n) is 6.88. The number of nitrogens with zero attached hydrogens (tertiary/aromatic N) is 3. The van der Waals surface area contributed by atoms with Gasteiger partial charge in [-0.2, -0.15) is 0 Å². The number of aryl methyl sites for hydroxylation is 1. The molecule has 0 saturated carbocycles. The Morgan fingerprint density at radius 1 is 1.36 bits per heavy atom. The molecule has 0 bridgehead atoms. The molecule has 3 saturated heterocycles. The Hall–Kier alpha value is -0.980. The van der Waals surface area contributed by atoms with Gasteiger partial charge in [-0.1, -0.05) is 0 Å². The summed E-state index contributed by atoms with van der Waals surface area (Å²) in [5.74, 6) is 1.73. The van der Waals surface area contributed by atoms with Gasteiger partial charge in [0.1, 0.15) is 0 Å². The van der Waals surface area contributed by atoms with Crippen molar-refractivity contribution in [2.24, 2.45) is 17.8 Å². The van der Waals surface area contributed by atoms with Gasteiger partial charge in [0.25, 0.3) is 0 Å². The van der Waals surface area contributed by atoms with Crippen LogP contribution in [0.5, 0.6) is 0 Å². The molecule has 1 aromatic heterocycles. The van der Waals surface area contributed by atoms with Crippen molar-refractivity contribution in [1.82, 2.24) is 14.8 Å². The summed E-state index contributed by atoms with van der Waals surface area (Å²) < 4.78 is 5.36. The summed E-state index contributed by atoms with van der Waals surface area (Å²) in [5, 5.41) is 3.31. The van der Waals surface area contributed by atoms with Crippen LogP contribution >= 0.6 is 11.3 Å². The van der Waals surface area contributed by atoms with Crippen LogP contribution in [-0.4, -0.2) is 60.1 Å². The van der Waals surface area contributed by atoms with Gasteiger partial charge >= 0.3 is 0 Å². The molecule has 3 aliphatic heterocycles. The van der Waals surface area contributed by atoms with E-state index in [1.54, 1.807) is 11.3 Å². The summed E-state index contributed by atoms with van der Waals surface area (Å²) >= 11 is 1.72. The van der Waals surface area contributed by atoms with Gasteiger partial charge in [-0.25, -0.2) is 4.98 Å². The van der Waals surface area contributed by atoms with Crippen molar-refractivity contribution in [1.29, 1.82) is 0 Å². The molecule has 0 aromatic carbocycles. The zero-order valence-corrected chi connectivity index (χ0v) is 13.8. The second-order valence-corrected chi connectivity index (χ2v) is 7.94. The molecule has 0 radical (unpaired) electrons. The first-order valence-electron chi connectivity index (χ1n) is 8.19. The number of fused-ring (bicyclic) bond motifs is 1. The average Bonchev–Trinajstić information content (AvgIpc) is 3.21. The van der Waals surface area contributed by atoms with Gasteiger partial charge in [0.15, 0.2) is 0 Å². The molecule has 22 heavy (non-hydrogen) atoms. The number of hydrogen-bond acceptors (Lipinski definition) is 5. The lowest BCUT2D eigenvalue weighted by molar-refractivity contribution is -0.134. The Kier molecular flexibility index (Phi) is 3.92. The summed E-state index contributed by atoms with van der Waals surface area (Å²) in [6.07, 6.45) is 0.903. The van der Waals surface area contributed by atoms with E-state index in [-0.39, 0.29) is 5.92 Å². The standard InChI is InChI=1S/C16H23N3O2S/c1-11-17-15(10-22-11)8-18-4-13-6-19(7-14(13)5-18)16(20)12-2-3-21-9-12/h10,12-14H,2-9H2,1H3/t12-,13-,14+/m1/s1. The number of thiazole rings is 1. The normalized spacial score (nSPS) is 31.9. The first-order valence-corrected chi connectivity index (χ1v) is 9.07. The fraction of sp³-hybridized carbons (Fsp3) is 0.750. The van der Waals surface area contributed by atoms with Crippen molar-refractivity contribution in [2.75, 3.05) is 39.4 Å². The SMILES string of the molecule is Cc1nc(CN2C[C@@H]3CN(C(=O)[C@@H]4CCOC4)C[C@@H]3C2)cs1. The zero-order valence-electron chi connectivity index (χ0n) is 13.0. The predicted molar refractivity (Wildman–Crippen MR) is 84.6 cm³/mol. The minimum Gasteiger partial charge on any atom is -0.381 e. The number of likely N-dealkylation sites (tertiary alicyclic amines) is 2. The predicted octanol–water partition coefficient (Wildman–Crippen LogP) is 1.38. The largest absolute Gasteiger partial charge is 0.381 e. The molecule has 0 aliphatic carbocycles. The maximum atomic E-state index is 12.5. The number of carbonyl (C=O) groups excluding carboxylic acids is 1. The van der Waals surface area contributed by atoms with Gasteiger partial charge in [0.05, 0.1) is 23.2 Å². The van der Waals surface area contributed by atoms with Crippen LogP contribution in [0.1, 0.15) is 17.1 Å². The Morgan fingerprint density at radius 3 is 2.73 bits per heavy atom. The van der Waals surface area contributed by atoms with E-state index in [1.807, 2.05) is 0 Å². The highest BCUT2D eigenvalue weighted by Crippen LogP contribution is 2.33. The van der Waals surface area contributed by atoms with Gasteiger partial charge < -0.3 is 9.64 Å². The molecular formula is C16H23N3O2S. The molecule has 120 valence electrons. The Bertz CT molecular complexity index is 541. The number of hydrogen-bond donors (Lipinski definition) is 0. The Morgan fingerprint density at radius 2 is 2.14 bits per heavy atom. The highest BCUT2D eigenvalue weighted by atomic mass is 32.1. The summed E-state index contributed by atoms with van der Waals surface area (Å²) in [4.78, 5) is 21.6. The first kappa shape index (κ1) is 14.6. The molecule has 3 fully saturated rings. The van der Waals surface area contributed by atoms with Crippen molar-refractivity contribution in [3.63, 3.8) is 0 Å². The molecule has 1 amide bonds. The molecule has 4 rings (SSSR count). The molecule has 1 aromatic rings. The van der Waals surface area contributed by atoms with Crippen molar-refractivity contribution in [2.45, 2.75) is 19.9 Å². The van der Waals surface area contributed by atoms with Gasteiger partial charge in [0.2, 0.25) is 5.91 Å². The van der Waals surface area contributed by atoms with Crippen LogP contribution < -0.4 is 0 Å². The van der Waals surface area contributed by atoms with E-state index in [0.717, 1.165) is 50.8 Å². The van der Waals surface area contributed by atoms with Crippen molar-refractivity contribution in [3.8, 4) is 0 Å². The van der Waals surface area contributed by atoms with E-state index in [2.05, 4.69) is 27.1 Å². The van der Waals surface area contributed by atoms with Crippen LogP contribution in [-0.2, 0) is 16.1 Å². The molecule has 6 heteroatoms. The third kappa shape index (κ3) is 2.79. The minimum absolute atomic E-state index is 0.118. The average molecular weight is 321 g/mol. The molecule has 0 N–H and O–H groups in total.